The molecular formula is C16H15N3O. The van der Waals surface area contributed by atoms with Crippen LogP contribution in [0.1, 0.15) is 16.8 Å². The summed E-state index contributed by atoms with van der Waals surface area (Å²) in [4.78, 5) is 4.27. The normalized spacial score (nSPS) is 9.80. The first-order valence-corrected chi connectivity index (χ1v) is 6.18. The van der Waals surface area contributed by atoms with E-state index in [1.165, 1.54) is 0 Å². The molecule has 0 unspecified atom stereocenters. The lowest BCUT2D eigenvalue weighted by molar-refractivity contribution is 0.457. The van der Waals surface area contributed by atoms with E-state index in [2.05, 4.69) is 17.6 Å². The second kappa shape index (κ2) is 5.89. The summed E-state index contributed by atoms with van der Waals surface area (Å²) in [5.74, 6) is 1.07. The Hall–Kier alpha value is -2.80. The molecule has 0 amide bonds. The van der Waals surface area contributed by atoms with Gasteiger partial charge in [0.15, 0.2) is 0 Å². The summed E-state index contributed by atoms with van der Waals surface area (Å²) in [5, 5.41) is 8.96. The van der Waals surface area contributed by atoms with Crippen LogP contribution < -0.4 is 10.5 Å². The van der Waals surface area contributed by atoms with Crippen molar-refractivity contribution in [2.75, 3.05) is 5.73 Å². The van der Waals surface area contributed by atoms with E-state index >= 15 is 0 Å². The standard InChI is InChI=1S/C16H15N3O/c1-3-4-13-9-14(18)5-6-15(13)20-16-8-12(10-17)7-11(2)19-16/h3,5-9H,1,4,18H2,2H3. The van der Waals surface area contributed by atoms with Gasteiger partial charge in [-0.3, -0.25) is 0 Å². The van der Waals surface area contributed by atoms with Gasteiger partial charge in [0.1, 0.15) is 5.75 Å². The minimum absolute atomic E-state index is 0.400. The molecule has 0 aliphatic carbocycles. The summed E-state index contributed by atoms with van der Waals surface area (Å²) < 4.78 is 5.77. The molecule has 2 rings (SSSR count). The number of nitrogens with zero attached hydrogens (tertiary/aromatic N) is 2. The number of nitriles is 1. The Morgan fingerprint density at radius 2 is 2.20 bits per heavy atom. The number of hydrogen-bond acceptors (Lipinski definition) is 4. The van der Waals surface area contributed by atoms with Crippen molar-refractivity contribution in [1.82, 2.24) is 4.98 Å². The third-order valence-corrected chi connectivity index (χ3v) is 2.72. The maximum absolute atomic E-state index is 8.96. The van der Waals surface area contributed by atoms with Gasteiger partial charge >= 0.3 is 0 Å². The van der Waals surface area contributed by atoms with Crippen LogP contribution in [0.5, 0.6) is 11.6 Å². The van der Waals surface area contributed by atoms with Gasteiger partial charge < -0.3 is 10.5 Å². The molecule has 100 valence electrons. The lowest BCUT2D eigenvalue weighted by atomic mass is 10.1. The first kappa shape index (κ1) is 13.6. The molecule has 2 N–H and O–H groups in total. The van der Waals surface area contributed by atoms with Crippen LogP contribution in [0.15, 0.2) is 43.0 Å². The molecule has 1 heterocycles. The summed E-state index contributed by atoms with van der Waals surface area (Å²) in [5.41, 5.74) is 8.63. The van der Waals surface area contributed by atoms with Crippen LogP contribution >= 0.6 is 0 Å². The minimum atomic E-state index is 0.400. The van der Waals surface area contributed by atoms with E-state index in [0.717, 1.165) is 11.3 Å². The molecule has 0 bridgehead atoms. The summed E-state index contributed by atoms with van der Waals surface area (Å²) in [6, 6.07) is 10.8. The lowest BCUT2D eigenvalue weighted by Crippen LogP contribution is -1.96. The zero-order valence-electron chi connectivity index (χ0n) is 11.3. The van der Waals surface area contributed by atoms with E-state index in [-0.39, 0.29) is 0 Å². The van der Waals surface area contributed by atoms with Crippen molar-refractivity contribution >= 4 is 5.69 Å². The molecule has 0 saturated carbocycles. The Kier molecular flexibility index (Phi) is 4.02. The third-order valence-electron chi connectivity index (χ3n) is 2.72. The van der Waals surface area contributed by atoms with Crippen molar-refractivity contribution in [2.24, 2.45) is 0 Å². The number of benzene rings is 1. The molecule has 0 saturated heterocycles. The van der Waals surface area contributed by atoms with E-state index in [1.54, 1.807) is 30.3 Å². The van der Waals surface area contributed by atoms with E-state index in [1.807, 2.05) is 13.0 Å². The fraction of sp³-hybridized carbons (Fsp3) is 0.125. The monoisotopic (exact) mass is 265 g/mol. The van der Waals surface area contributed by atoms with Crippen LogP contribution in [0.3, 0.4) is 0 Å². The van der Waals surface area contributed by atoms with Crippen LogP contribution in [-0.2, 0) is 6.42 Å². The van der Waals surface area contributed by atoms with Crippen molar-refractivity contribution < 1.29 is 4.74 Å². The molecular weight excluding hydrogens is 250 g/mol. The summed E-state index contributed by atoms with van der Waals surface area (Å²) in [7, 11) is 0. The highest BCUT2D eigenvalue weighted by atomic mass is 16.5. The van der Waals surface area contributed by atoms with Gasteiger partial charge in [0.2, 0.25) is 5.88 Å². The fourth-order valence-corrected chi connectivity index (χ4v) is 1.88. The lowest BCUT2D eigenvalue weighted by Gasteiger charge is -2.11. The first-order chi connectivity index (χ1) is 9.62. The van der Waals surface area contributed by atoms with Crippen LogP contribution in [0.2, 0.25) is 0 Å². The van der Waals surface area contributed by atoms with Gasteiger partial charge in [-0.15, -0.1) is 6.58 Å². The van der Waals surface area contributed by atoms with Crippen molar-refractivity contribution in [3.8, 4) is 17.7 Å². The Bertz CT molecular complexity index is 687. The third kappa shape index (κ3) is 3.15. The molecule has 0 aliphatic heterocycles. The van der Waals surface area contributed by atoms with E-state index in [4.69, 9.17) is 15.7 Å². The predicted molar refractivity (Wildman–Crippen MR) is 78.5 cm³/mol. The summed E-state index contributed by atoms with van der Waals surface area (Å²) in [6.45, 7) is 5.54. The van der Waals surface area contributed by atoms with Gasteiger partial charge in [-0.05, 0) is 37.6 Å². The van der Waals surface area contributed by atoms with Crippen LogP contribution in [-0.4, -0.2) is 4.98 Å². The minimum Gasteiger partial charge on any atom is -0.439 e. The zero-order chi connectivity index (χ0) is 14.5. The van der Waals surface area contributed by atoms with Crippen molar-refractivity contribution in [3.05, 3.63) is 59.8 Å². The molecule has 0 spiro atoms. The average molecular weight is 265 g/mol. The Labute approximate surface area is 118 Å². The van der Waals surface area contributed by atoms with Gasteiger partial charge in [0, 0.05) is 23.0 Å². The molecule has 4 heteroatoms. The largest absolute Gasteiger partial charge is 0.439 e. The molecule has 0 aliphatic rings. The summed E-state index contributed by atoms with van der Waals surface area (Å²) in [6.07, 6.45) is 2.43. The average Bonchev–Trinajstić information content (AvgIpc) is 2.41. The number of anilines is 1. The van der Waals surface area contributed by atoms with Crippen molar-refractivity contribution in [2.45, 2.75) is 13.3 Å². The molecule has 2 aromatic rings. The number of pyridine rings is 1. The number of rotatable bonds is 4. The molecule has 0 fully saturated rings. The highest BCUT2D eigenvalue weighted by Crippen LogP contribution is 2.27. The van der Waals surface area contributed by atoms with Gasteiger partial charge in [0.25, 0.3) is 0 Å². The molecule has 0 radical (unpaired) electrons. The second-order valence-electron chi connectivity index (χ2n) is 4.41. The van der Waals surface area contributed by atoms with Crippen LogP contribution in [0.25, 0.3) is 0 Å². The molecule has 1 aromatic heterocycles. The zero-order valence-corrected chi connectivity index (χ0v) is 11.3. The van der Waals surface area contributed by atoms with Crippen LogP contribution in [0.4, 0.5) is 5.69 Å². The van der Waals surface area contributed by atoms with E-state index in [9.17, 15) is 0 Å². The van der Waals surface area contributed by atoms with Crippen LogP contribution in [0, 0.1) is 18.3 Å². The van der Waals surface area contributed by atoms with E-state index in [0.29, 0.717) is 29.3 Å². The number of allylic oxidation sites excluding steroid dienone is 1. The van der Waals surface area contributed by atoms with Crippen molar-refractivity contribution in [3.63, 3.8) is 0 Å². The second-order valence-corrected chi connectivity index (χ2v) is 4.41. The predicted octanol–water partition coefficient (Wildman–Crippen LogP) is 3.36. The number of hydrogen-bond donors (Lipinski definition) is 1. The Balaban J connectivity index is 2.37. The Morgan fingerprint density at radius 3 is 2.90 bits per heavy atom. The summed E-state index contributed by atoms with van der Waals surface area (Å²) >= 11 is 0. The van der Waals surface area contributed by atoms with Gasteiger partial charge in [-0.2, -0.15) is 5.26 Å². The van der Waals surface area contributed by atoms with Gasteiger partial charge in [-0.25, -0.2) is 4.98 Å². The smallest absolute Gasteiger partial charge is 0.220 e. The highest BCUT2D eigenvalue weighted by molar-refractivity contribution is 5.49. The Morgan fingerprint density at radius 1 is 1.40 bits per heavy atom. The van der Waals surface area contributed by atoms with Gasteiger partial charge in [0.05, 0.1) is 11.6 Å². The van der Waals surface area contributed by atoms with Gasteiger partial charge in [-0.1, -0.05) is 6.08 Å². The highest BCUT2D eigenvalue weighted by Gasteiger charge is 2.07. The fourth-order valence-electron chi connectivity index (χ4n) is 1.88. The topological polar surface area (TPSA) is 71.9 Å². The van der Waals surface area contributed by atoms with Crippen molar-refractivity contribution in [1.29, 1.82) is 5.26 Å². The first-order valence-electron chi connectivity index (χ1n) is 6.18. The number of aryl methyl sites for hydroxylation is 1. The number of ether oxygens (including phenoxy) is 1. The molecule has 20 heavy (non-hydrogen) atoms. The quantitative estimate of drug-likeness (QED) is 0.679. The number of aromatic nitrogens is 1. The number of nitrogen functional groups attached to an aromatic ring is 1. The molecule has 4 nitrogen and oxygen atoms in total. The van der Waals surface area contributed by atoms with E-state index < -0.39 is 0 Å². The SMILES string of the molecule is C=CCc1cc(N)ccc1Oc1cc(C#N)cc(C)n1. The maximum atomic E-state index is 8.96. The molecule has 1 aromatic carbocycles. The number of nitrogens with two attached hydrogens (primary N) is 1. The molecule has 0 atom stereocenters. The maximum Gasteiger partial charge on any atom is 0.220 e.